The fourth-order valence-electron chi connectivity index (χ4n) is 3.12. The number of amides is 1. The second kappa shape index (κ2) is 9.70. The van der Waals surface area contributed by atoms with E-state index < -0.39 is 0 Å². The van der Waals surface area contributed by atoms with Gasteiger partial charge in [0.2, 0.25) is 0 Å². The number of nitrogens with one attached hydrogen (secondary N) is 2. The average molecular weight is 428 g/mol. The van der Waals surface area contributed by atoms with Gasteiger partial charge in [-0.05, 0) is 60.2 Å². The van der Waals surface area contributed by atoms with Gasteiger partial charge >= 0.3 is 0 Å². The Labute approximate surface area is 185 Å². The van der Waals surface area contributed by atoms with E-state index in [-0.39, 0.29) is 11.7 Å². The van der Waals surface area contributed by atoms with Gasteiger partial charge in [0.15, 0.2) is 0 Å². The fourth-order valence-corrected chi connectivity index (χ4v) is 3.12. The zero-order valence-electron chi connectivity index (χ0n) is 17.4. The lowest BCUT2D eigenvalue weighted by atomic mass is 10.1. The fraction of sp³-hybridized carbons (Fsp3) is 0.0800. The van der Waals surface area contributed by atoms with Gasteiger partial charge in [-0.25, -0.2) is 14.4 Å². The normalized spacial score (nSPS) is 10.4. The van der Waals surface area contributed by atoms with Crippen LogP contribution in [0.1, 0.15) is 15.9 Å². The van der Waals surface area contributed by atoms with Crippen LogP contribution in [0.5, 0.6) is 5.75 Å². The minimum Gasteiger partial charge on any atom is -0.497 e. The molecule has 1 heterocycles. The molecular formula is C25H21FN4O2. The number of benzene rings is 3. The summed E-state index contributed by atoms with van der Waals surface area (Å²) in [6.45, 7) is 0.410. The maximum Gasteiger partial charge on any atom is 0.251 e. The van der Waals surface area contributed by atoms with Gasteiger partial charge in [0, 0.05) is 29.4 Å². The maximum absolute atomic E-state index is 13.2. The number of ether oxygens (including phenoxy) is 1. The van der Waals surface area contributed by atoms with Crippen molar-refractivity contribution in [3.63, 3.8) is 0 Å². The zero-order valence-corrected chi connectivity index (χ0v) is 17.4. The molecule has 0 radical (unpaired) electrons. The highest BCUT2D eigenvalue weighted by Crippen LogP contribution is 2.22. The highest BCUT2D eigenvalue weighted by molar-refractivity contribution is 5.95. The molecule has 0 saturated heterocycles. The van der Waals surface area contributed by atoms with Gasteiger partial charge in [0.25, 0.3) is 5.91 Å². The van der Waals surface area contributed by atoms with Crippen molar-refractivity contribution < 1.29 is 13.9 Å². The van der Waals surface area contributed by atoms with Crippen LogP contribution in [0, 0.1) is 5.82 Å². The predicted octanol–water partition coefficient (Wildman–Crippen LogP) is 4.96. The molecule has 0 aliphatic rings. The third-order valence-corrected chi connectivity index (χ3v) is 4.82. The Morgan fingerprint density at radius 3 is 2.50 bits per heavy atom. The molecule has 3 aromatic carbocycles. The highest BCUT2D eigenvalue weighted by Gasteiger charge is 2.08. The first-order valence-electron chi connectivity index (χ1n) is 9.97. The Kier molecular flexibility index (Phi) is 6.36. The molecular weight excluding hydrogens is 407 g/mol. The van der Waals surface area contributed by atoms with E-state index in [2.05, 4.69) is 20.6 Å². The van der Waals surface area contributed by atoms with Gasteiger partial charge in [0.1, 0.15) is 23.7 Å². The van der Waals surface area contributed by atoms with Crippen LogP contribution in [0.2, 0.25) is 0 Å². The van der Waals surface area contributed by atoms with Crippen LogP contribution in [0.25, 0.3) is 11.3 Å². The van der Waals surface area contributed by atoms with Gasteiger partial charge in [-0.15, -0.1) is 0 Å². The van der Waals surface area contributed by atoms with Crippen molar-refractivity contribution in [3.8, 4) is 17.0 Å². The van der Waals surface area contributed by atoms with Gasteiger partial charge in [-0.2, -0.15) is 0 Å². The molecule has 0 spiro atoms. The van der Waals surface area contributed by atoms with Crippen molar-refractivity contribution in [1.82, 2.24) is 15.3 Å². The molecule has 32 heavy (non-hydrogen) atoms. The number of hydrogen-bond donors (Lipinski definition) is 2. The van der Waals surface area contributed by atoms with E-state index in [1.807, 2.05) is 30.3 Å². The first-order chi connectivity index (χ1) is 15.6. The lowest BCUT2D eigenvalue weighted by molar-refractivity contribution is 0.0951. The first-order valence-corrected chi connectivity index (χ1v) is 9.97. The van der Waals surface area contributed by atoms with Crippen molar-refractivity contribution in [2.24, 2.45) is 0 Å². The zero-order chi connectivity index (χ0) is 22.3. The van der Waals surface area contributed by atoms with Gasteiger partial charge < -0.3 is 15.4 Å². The van der Waals surface area contributed by atoms with E-state index in [0.717, 1.165) is 16.9 Å². The highest BCUT2D eigenvalue weighted by atomic mass is 19.1. The van der Waals surface area contributed by atoms with Crippen LogP contribution in [0.4, 0.5) is 15.9 Å². The molecule has 1 aromatic heterocycles. The second-order valence-corrected chi connectivity index (χ2v) is 7.03. The molecule has 0 aliphatic carbocycles. The number of carbonyl (C=O) groups excluding carboxylic acids is 1. The third kappa shape index (κ3) is 5.26. The van der Waals surface area contributed by atoms with E-state index >= 15 is 0 Å². The van der Waals surface area contributed by atoms with E-state index in [9.17, 15) is 9.18 Å². The SMILES string of the molecule is COc1ccc(CNC(=O)c2cccc(Nc3cc(-c4ccc(F)cc4)ncn3)c2)cc1. The van der Waals surface area contributed by atoms with E-state index in [4.69, 9.17) is 4.74 Å². The largest absolute Gasteiger partial charge is 0.497 e. The minimum atomic E-state index is -0.303. The summed E-state index contributed by atoms with van der Waals surface area (Å²) < 4.78 is 18.3. The molecule has 4 aromatic rings. The van der Waals surface area contributed by atoms with E-state index in [1.165, 1.54) is 18.5 Å². The Bertz CT molecular complexity index is 1210. The summed E-state index contributed by atoms with van der Waals surface area (Å²) in [4.78, 5) is 21.1. The second-order valence-electron chi connectivity index (χ2n) is 7.03. The van der Waals surface area contributed by atoms with Crippen LogP contribution < -0.4 is 15.4 Å². The number of anilines is 2. The van der Waals surface area contributed by atoms with Crippen LogP contribution >= 0.6 is 0 Å². The Balaban J connectivity index is 1.43. The van der Waals surface area contributed by atoms with Crippen molar-refractivity contribution in [3.05, 3.63) is 102 Å². The van der Waals surface area contributed by atoms with E-state index in [1.54, 1.807) is 43.5 Å². The quantitative estimate of drug-likeness (QED) is 0.435. The summed E-state index contributed by atoms with van der Waals surface area (Å²) >= 11 is 0. The number of rotatable bonds is 7. The molecule has 7 heteroatoms. The summed E-state index contributed by atoms with van der Waals surface area (Å²) in [7, 11) is 1.61. The van der Waals surface area contributed by atoms with Crippen LogP contribution in [0.15, 0.2) is 85.2 Å². The monoisotopic (exact) mass is 428 g/mol. The molecule has 0 bridgehead atoms. The Morgan fingerprint density at radius 1 is 0.969 bits per heavy atom. The molecule has 0 unspecified atom stereocenters. The maximum atomic E-state index is 13.2. The lowest BCUT2D eigenvalue weighted by Gasteiger charge is -2.10. The number of aromatic nitrogens is 2. The minimum absolute atomic E-state index is 0.181. The summed E-state index contributed by atoms with van der Waals surface area (Å²) in [5.41, 5.74) is 3.66. The van der Waals surface area contributed by atoms with Crippen molar-refractivity contribution in [1.29, 1.82) is 0 Å². The molecule has 160 valence electrons. The number of halogens is 1. The van der Waals surface area contributed by atoms with Crippen molar-refractivity contribution in [2.45, 2.75) is 6.54 Å². The Morgan fingerprint density at radius 2 is 1.75 bits per heavy atom. The predicted molar refractivity (Wildman–Crippen MR) is 121 cm³/mol. The van der Waals surface area contributed by atoms with Crippen LogP contribution in [0.3, 0.4) is 0 Å². The van der Waals surface area contributed by atoms with E-state index in [0.29, 0.717) is 29.3 Å². The molecule has 1 amide bonds. The van der Waals surface area contributed by atoms with Gasteiger partial charge in [-0.3, -0.25) is 4.79 Å². The molecule has 0 atom stereocenters. The summed E-state index contributed by atoms with van der Waals surface area (Å²) in [5, 5.41) is 6.10. The summed E-state index contributed by atoms with van der Waals surface area (Å²) in [6.07, 6.45) is 1.44. The number of nitrogens with zero attached hydrogens (tertiary/aromatic N) is 2. The number of methoxy groups -OCH3 is 1. The Hall–Kier alpha value is -4.26. The molecule has 4 rings (SSSR count). The molecule has 2 N–H and O–H groups in total. The molecule has 6 nitrogen and oxygen atoms in total. The topological polar surface area (TPSA) is 76.1 Å². The van der Waals surface area contributed by atoms with Gasteiger partial charge in [-0.1, -0.05) is 18.2 Å². The third-order valence-electron chi connectivity index (χ3n) is 4.82. The average Bonchev–Trinajstić information content (AvgIpc) is 2.83. The van der Waals surface area contributed by atoms with Gasteiger partial charge in [0.05, 0.1) is 12.8 Å². The van der Waals surface area contributed by atoms with Crippen LogP contribution in [-0.2, 0) is 6.54 Å². The summed E-state index contributed by atoms with van der Waals surface area (Å²) in [5.74, 6) is 0.851. The number of hydrogen-bond acceptors (Lipinski definition) is 5. The summed E-state index contributed by atoms with van der Waals surface area (Å²) in [6, 6.07) is 22.5. The first kappa shape index (κ1) is 21.0. The van der Waals surface area contributed by atoms with Crippen molar-refractivity contribution >= 4 is 17.4 Å². The lowest BCUT2D eigenvalue weighted by Crippen LogP contribution is -2.22. The molecule has 0 fully saturated rings. The molecule has 0 aliphatic heterocycles. The smallest absolute Gasteiger partial charge is 0.251 e. The standard InChI is InChI=1S/C25H21FN4O2/c1-32-22-11-5-17(6-12-22)15-27-25(31)19-3-2-4-21(13-19)30-24-14-23(28-16-29-24)18-7-9-20(26)10-8-18/h2-14,16H,15H2,1H3,(H,27,31)(H,28,29,30). The molecule has 0 saturated carbocycles. The number of carbonyl (C=O) groups is 1. The van der Waals surface area contributed by atoms with Crippen molar-refractivity contribution in [2.75, 3.05) is 12.4 Å². The van der Waals surface area contributed by atoms with Crippen LogP contribution in [-0.4, -0.2) is 23.0 Å².